The fourth-order valence-corrected chi connectivity index (χ4v) is 1.59. The van der Waals surface area contributed by atoms with Crippen LogP contribution in [0.15, 0.2) is 47.6 Å². The van der Waals surface area contributed by atoms with Crippen molar-refractivity contribution in [3.63, 3.8) is 0 Å². The fraction of sp³-hybridized carbons (Fsp3) is 0.0833. The summed E-state index contributed by atoms with van der Waals surface area (Å²) in [5.74, 6) is 0. The second-order valence-electron chi connectivity index (χ2n) is 3.31. The van der Waals surface area contributed by atoms with Crippen LogP contribution in [-0.2, 0) is 0 Å². The van der Waals surface area contributed by atoms with Gasteiger partial charge in [-0.05, 0) is 16.8 Å². The van der Waals surface area contributed by atoms with Gasteiger partial charge in [0.25, 0.3) is 0 Å². The Hall–Kier alpha value is -1.87. The molecule has 0 amide bonds. The van der Waals surface area contributed by atoms with Gasteiger partial charge in [0.1, 0.15) is 5.71 Å². The first-order valence-electron chi connectivity index (χ1n) is 4.75. The lowest BCUT2D eigenvalue weighted by Gasteiger charge is -2.03. The summed E-state index contributed by atoms with van der Waals surface area (Å²) >= 11 is 0. The third-order valence-electron chi connectivity index (χ3n) is 2.40. The predicted molar refractivity (Wildman–Crippen MR) is 61.3 cm³/mol. The highest BCUT2D eigenvalue weighted by molar-refractivity contribution is 6.04. The molecule has 0 unspecified atom stereocenters. The van der Waals surface area contributed by atoms with Crippen LogP contribution in [0.2, 0.25) is 0 Å². The Labute approximate surface area is 87.8 Å². The zero-order chi connectivity index (χ0) is 10.7. The summed E-state index contributed by atoms with van der Waals surface area (Å²) in [6, 6.07) is 13.9. The molecule has 0 heterocycles. The number of oxime groups is 1. The van der Waals surface area contributed by atoms with Gasteiger partial charge in [-0.15, -0.1) is 0 Å². The van der Waals surface area contributed by atoms with Crippen molar-refractivity contribution in [2.75, 3.05) is 6.54 Å². The van der Waals surface area contributed by atoms with Crippen LogP contribution in [0.3, 0.4) is 0 Å². The first-order chi connectivity index (χ1) is 7.35. The van der Waals surface area contributed by atoms with Gasteiger partial charge in [0, 0.05) is 12.1 Å². The molecule has 0 aromatic heterocycles. The normalized spacial score (nSPS) is 11.9. The van der Waals surface area contributed by atoms with Gasteiger partial charge in [0.2, 0.25) is 0 Å². The van der Waals surface area contributed by atoms with Gasteiger partial charge in [-0.25, -0.2) is 0 Å². The Balaban J connectivity index is 2.56. The van der Waals surface area contributed by atoms with Crippen molar-refractivity contribution in [3.8, 4) is 0 Å². The number of fused-ring (bicyclic) bond motifs is 1. The molecule has 15 heavy (non-hydrogen) atoms. The van der Waals surface area contributed by atoms with Gasteiger partial charge in [-0.1, -0.05) is 41.6 Å². The molecule has 2 rings (SSSR count). The largest absolute Gasteiger partial charge is 0.411 e. The SMILES string of the molecule is NC/C(=N\O)c1ccc2ccccc2c1. The lowest BCUT2D eigenvalue weighted by atomic mass is 10.0. The van der Waals surface area contributed by atoms with E-state index in [1.165, 1.54) is 0 Å². The molecule has 0 aliphatic carbocycles. The summed E-state index contributed by atoms with van der Waals surface area (Å²) in [5, 5.41) is 14.2. The van der Waals surface area contributed by atoms with Crippen LogP contribution in [0.4, 0.5) is 0 Å². The molecule has 0 atom stereocenters. The maximum Gasteiger partial charge on any atom is 0.100 e. The summed E-state index contributed by atoms with van der Waals surface area (Å²) in [4.78, 5) is 0. The van der Waals surface area contributed by atoms with E-state index in [4.69, 9.17) is 10.9 Å². The monoisotopic (exact) mass is 200 g/mol. The Morgan fingerprint density at radius 1 is 1.13 bits per heavy atom. The average molecular weight is 200 g/mol. The number of hydrogen-bond donors (Lipinski definition) is 2. The first kappa shape index (κ1) is 9.68. The first-order valence-corrected chi connectivity index (χ1v) is 4.75. The minimum absolute atomic E-state index is 0.231. The van der Waals surface area contributed by atoms with Crippen LogP contribution in [0.25, 0.3) is 10.8 Å². The third kappa shape index (κ3) is 1.82. The van der Waals surface area contributed by atoms with E-state index in [2.05, 4.69) is 5.16 Å². The second kappa shape index (κ2) is 4.11. The van der Waals surface area contributed by atoms with Gasteiger partial charge in [-0.3, -0.25) is 0 Å². The molecule has 0 aliphatic heterocycles. The van der Waals surface area contributed by atoms with Crippen LogP contribution in [-0.4, -0.2) is 17.5 Å². The predicted octanol–water partition coefficient (Wildman–Crippen LogP) is 1.98. The molecule has 2 aromatic rings. The zero-order valence-corrected chi connectivity index (χ0v) is 8.22. The summed E-state index contributed by atoms with van der Waals surface area (Å²) in [6.45, 7) is 0.231. The zero-order valence-electron chi connectivity index (χ0n) is 8.22. The molecule has 3 nitrogen and oxygen atoms in total. The number of hydrogen-bond acceptors (Lipinski definition) is 3. The number of benzene rings is 2. The van der Waals surface area contributed by atoms with Crippen molar-refractivity contribution in [1.82, 2.24) is 0 Å². The van der Waals surface area contributed by atoms with E-state index in [1.807, 2.05) is 42.5 Å². The van der Waals surface area contributed by atoms with E-state index in [9.17, 15) is 0 Å². The van der Waals surface area contributed by atoms with Crippen LogP contribution in [0.5, 0.6) is 0 Å². The lowest BCUT2D eigenvalue weighted by molar-refractivity contribution is 0.318. The number of nitrogens with two attached hydrogens (primary N) is 1. The van der Waals surface area contributed by atoms with Crippen LogP contribution in [0, 0.1) is 0 Å². The molecule has 0 aliphatic rings. The van der Waals surface area contributed by atoms with Gasteiger partial charge >= 0.3 is 0 Å². The maximum atomic E-state index is 8.76. The van der Waals surface area contributed by atoms with E-state index < -0.39 is 0 Å². The Bertz CT molecular complexity index is 506. The van der Waals surface area contributed by atoms with E-state index in [-0.39, 0.29) is 6.54 Å². The molecule has 0 saturated heterocycles. The van der Waals surface area contributed by atoms with E-state index >= 15 is 0 Å². The highest BCUT2D eigenvalue weighted by Crippen LogP contribution is 2.15. The third-order valence-corrected chi connectivity index (χ3v) is 2.40. The van der Waals surface area contributed by atoms with Crippen molar-refractivity contribution in [2.24, 2.45) is 10.9 Å². The van der Waals surface area contributed by atoms with Crippen molar-refractivity contribution in [3.05, 3.63) is 48.0 Å². The van der Waals surface area contributed by atoms with Crippen molar-refractivity contribution < 1.29 is 5.21 Å². The lowest BCUT2D eigenvalue weighted by Crippen LogP contribution is -2.14. The Kier molecular flexibility index (Phi) is 2.65. The molecule has 3 N–H and O–H groups in total. The molecule has 76 valence electrons. The average Bonchev–Trinajstić information content (AvgIpc) is 2.30. The van der Waals surface area contributed by atoms with Crippen LogP contribution < -0.4 is 5.73 Å². The minimum atomic E-state index is 0.231. The molecule has 0 bridgehead atoms. The topological polar surface area (TPSA) is 58.6 Å². The molecule has 0 spiro atoms. The van der Waals surface area contributed by atoms with Crippen molar-refractivity contribution in [1.29, 1.82) is 0 Å². The molecule has 0 radical (unpaired) electrons. The molecule has 3 heteroatoms. The smallest absolute Gasteiger partial charge is 0.100 e. The second-order valence-corrected chi connectivity index (χ2v) is 3.31. The van der Waals surface area contributed by atoms with Crippen LogP contribution >= 0.6 is 0 Å². The van der Waals surface area contributed by atoms with Gasteiger partial charge < -0.3 is 10.9 Å². The maximum absolute atomic E-state index is 8.76. The van der Waals surface area contributed by atoms with E-state index in [0.29, 0.717) is 5.71 Å². The molecular formula is C12H12N2O. The van der Waals surface area contributed by atoms with Crippen LogP contribution in [0.1, 0.15) is 5.56 Å². The molecular weight excluding hydrogens is 188 g/mol. The van der Waals surface area contributed by atoms with Crippen molar-refractivity contribution in [2.45, 2.75) is 0 Å². The molecule has 0 fully saturated rings. The summed E-state index contributed by atoms with van der Waals surface area (Å²) < 4.78 is 0. The number of rotatable bonds is 2. The summed E-state index contributed by atoms with van der Waals surface area (Å²) in [7, 11) is 0. The van der Waals surface area contributed by atoms with E-state index in [0.717, 1.165) is 16.3 Å². The van der Waals surface area contributed by atoms with Gasteiger partial charge in [0.15, 0.2) is 0 Å². The minimum Gasteiger partial charge on any atom is -0.411 e. The fourth-order valence-electron chi connectivity index (χ4n) is 1.59. The van der Waals surface area contributed by atoms with Gasteiger partial charge in [0.05, 0.1) is 0 Å². The summed E-state index contributed by atoms with van der Waals surface area (Å²) in [5.41, 5.74) is 6.83. The molecule has 0 saturated carbocycles. The highest BCUT2D eigenvalue weighted by atomic mass is 16.4. The summed E-state index contributed by atoms with van der Waals surface area (Å²) in [6.07, 6.45) is 0. The van der Waals surface area contributed by atoms with E-state index in [1.54, 1.807) is 0 Å². The quantitative estimate of drug-likeness (QED) is 0.442. The number of nitrogens with zero attached hydrogens (tertiary/aromatic N) is 1. The Morgan fingerprint density at radius 2 is 1.87 bits per heavy atom. The standard InChI is InChI=1S/C12H12N2O/c13-8-12(14-15)11-6-5-9-3-1-2-4-10(9)7-11/h1-7,15H,8,13H2/b14-12+. The van der Waals surface area contributed by atoms with Crippen molar-refractivity contribution >= 4 is 16.5 Å². The highest BCUT2D eigenvalue weighted by Gasteiger charge is 2.02. The molecule has 2 aromatic carbocycles. The Morgan fingerprint density at radius 3 is 2.53 bits per heavy atom. The van der Waals surface area contributed by atoms with Gasteiger partial charge in [-0.2, -0.15) is 0 Å².